The number of rotatable bonds is 47. The van der Waals surface area contributed by atoms with E-state index in [4.69, 9.17) is 18.5 Å². The molecule has 0 aromatic carbocycles. The lowest BCUT2D eigenvalue weighted by atomic mass is 10.0. The van der Waals surface area contributed by atoms with Gasteiger partial charge in [0.15, 0.2) is 6.10 Å². The fraction of sp³-hybridized carbons (Fsp3) is 0.843. The van der Waals surface area contributed by atoms with Crippen LogP contribution >= 0.6 is 7.82 Å². The van der Waals surface area contributed by atoms with E-state index >= 15 is 0 Å². The molecule has 0 rings (SSSR count). The number of nitrogens with zero attached hydrogens (tertiary/aromatic N) is 1. The number of carbonyl (C=O) groups excluding carboxylic acids is 2. The minimum atomic E-state index is -4.38. The summed E-state index contributed by atoms with van der Waals surface area (Å²) < 4.78 is 33.5. The lowest BCUT2D eigenvalue weighted by molar-refractivity contribution is -0.161. The minimum absolute atomic E-state index is 0.000603. The van der Waals surface area contributed by atoms with Crippen molar-refractivity contribution in [2.24, 2.45) is 0 Å². The molecule has 2 atom stereocenters. The number of phosphoric acid groups is 1. The van der Waals surface area contributed by atoms with Gasteiger partial charge < -0.3 is 19.3 Å². The van der Waals surface area contributed by atoms with Gasteiger partial charge in [-0.15, -0.1) is 0 Å². The molecular weight excluding hydrogens is 786 g/mol. The van der Waals surface area contributed by atoms with Crippen LogP contribution in [0.2, 0.25) is 0 Å². The summed E-state index contributed by atoms with van der Waals surface area (Å²) >= 11 is 0. The van der Waals surface area contributed by atoms with Crippen LogP contribution in [0.25, 0.3) is 0 Å². The zero-order valence-electron chi connectivity index (χ0n) is 40.1. The van der Waals surface area contributed by atoms with Crippen molar-refractivity contribution in [3.63, 3.8) is 0 Å². The highest BCUT2D eigenvalue weighted by Gasteiger charge is 2.26. The molecule has 0 heterocycles. The van der Waals surface area contributed by atoms with Crippen LogP contribution in [0.1, 0.15) is 232 Å². The summed E-state index contributed by atoms with van der Waals surface area (Å²) in [7, 11) is -0.732. The Balaban J connectivity index is 4.22. The van der Waals surface area contributed by atoms with Gasteiger partial charge in [-0.2, -0.15) is 0 Å². The summed E-state index contributed by atoms with van der Waals surface area (Å²) in [5.74, 6) is -0.854. The summed E-state index contributed by atoms with van der Waals surface area (Å²) in [6.07, 6.45) is 52.1. The van der Waals surface area contributed by atoms with E-state index < -0.39 is 26.5 Å². The van der Waals surface area contributed by atoms with Crippen LogP contribution < -0.4 is 0 Å². The van der Waals surface area contributed by atoms with E-state index in [1.807, 2.05) is 19.0 Å². The Morgan fingerprint density at radius 3 is 1.36 bits per heavy atom. The molecule has 0 saturated carbocycles. The Morgan fingerprint density at radius 2 is 0.902 bits per heavy atom. The van der Waals surface area contributed by atoms with Crippen molar-refractivity contribution in [1.29, 1.82) is 0 Å². The average Bonchev–Trinajstić information content (AvgIpc) is 3.23. The van der Waals surface area contributed by atoms with Gasteiger partial charge in [-0.3, -0.25) is 18.6 Å². The first-order valence-corrected chi connectivity index (χ1v) is 26.8. The van der Waals surface area contributed by atoms with Crippen molar-refractivity contribution < 1.29 is 37.6 Å². The average molecular weight is 882 g/mol. The van der Waals surface area contributed by atoms with Gasteiger partial charge in [0, 0.05) is 19.4 Å². The number of hydrogen-bond donors (Lipinski definition) is 1. The van der Waals surface area contributed by atoms with Crippen molar-refractivity contribution in [2.75, 3.05) is 40.5 Å². The second-order valence-electron chi connectivity index (χ2n) is 17.4. The maximum absolute atomic E-state index is 12.7. The first kappa shape index (κ1) is 59.2. The van der Waals surface area contributed by atoms with Gasteiger partial charge in [0.2, 0.25) is 0 Å². The van der Waals surface area contributed by atoms with Gasteiger partial charge in [-0.25, -0.2) is 4.57 Å². The van der Waals surface area contributed by atoms with Crippen LogP contribution in [0.4, 0.5) is 0 Å². The largest absolute Gasteiger partial charge is 0.472 e. The van der Waals surface area contributed by atoms with Crippen LogP contribution in [0.5, 0.6) is 0 Å². The van der Waals surface area contributed by atoms with Crippen LogP contribution in [-0.4, -0.2) is 68.3 Å². The van der Waals surface area contributed by atoms with E-state index in [2.05, 4.69) is 50.3 Å². The Morgan fingerprint density at radius 1 is 0.508 bits per heavy atom. The van der Waals surface area contributed by atoms with E-state index in [9.17, 15) is 19.0 Å². The molecule has 10 heteroatoms. The Bertz CT molecular complexity index is 1110. The third-order valence-electron chi connectivity index (χ3n) is 10.9. The fourth-order valence-electron chi connectivity index (χ4n) is 7.06. The van der Waals surface area contributed by atoms with E-state index in [1.54, 1.807) is 0 Å². The van der Waals surface area contributed by atoms with Crippen LogP contribution in [0, 0.1) is 0 Å². The zero-order valence-corrected chi connectivity index (χ0v) is 41.0. The predicted molar refractivity (Wildman–Crippen MR) is 257 cm³/mol. The number of allylic oxidation sites excluding steroid dienone is 6. The second kappa shape index (κ2) is 46.2. The van der Waals surface area contributed by atoms with Crippen LogP contribution in [-0.2, 0) is 32.7 Å². The van der Waals surface area contributed by atoms with Gasteiger partial charge >= 0.3 is 19.8 Å². The molecule has 0 saturated heterocycles. The molecular formula is C51H96NO8P. The van der Waals surface area contributed by atoms with Crippen molar-refractivity contribution in [3.05, 3.63) is 36.5 Å². The number of ether oxygens (including phenoxy) is 2. The quantitative estimate of drug-likeness (QED) is 0.0276. The zero-order chi connectivity index (χ0) is 44.8. The van der Waals surface area contributed by atoms with Gasteiger partial charge in [-0.1, -0.05) is 211 Å². The highest BCUT2D eigenvalue weighted by molar-refractivity contribution is 7.47. The molecule has 0 aliphatic carbocycles. The molecule has 61 heavy (non-hydrogen) atoms. The van der Waals surface area contributed by atoms with E-state index in [0.29, 0.717) is 13.0 Å². The first-order valence-electron chi connectivity index (χ1n) is 25.3. The summed E-state index contributed by atoms with van der Waals surface area (Å²) in [5.41, 5.74) is 0. The van der Waals surface area contributed by atoms with Gasteiger partial charge in [-0.05, 0) is 59.0 Å². The molecule has 0 amide bonds. The summed E-state index contributed by atoms with van der Waals surface area (Å²) in [4.78, 5) is 37.1. The number of phosphoric ester groups is 1. The molecule has 0 aromatic rings. The molecule has 0 radical (unpaired) electrons. The van der Waals surface area contributed by atoms with E-state index in [-0.39, 0.29) is 32.0 Å². The number of unbranched alkanes of at least 4 members (excludes halogenated alkanes) is 27. The summed E-state index contributed by atoms with van der Waals surface area (Å²) in [5, 5.41) is 0. The molecule has 0 aromatic heterocycles. The number of hydrogen-bond acceptors (Lipinski definition) is 8. The van der Waals surface area contributed by atoms with Gasteiger partial charge in [0.05, 0.1) is 13.2 Å². The monoisotopic (exact) mass is 882 g/mol. The molecule has 9 nitrogen and oxygen atoms in total. The number of carbonyl (C=O) groups is 2. The minimum Gasteiger partial charge on any atom is -0.462 e. The molecule has 358 valence electrons. The summed E-state index contributed by atoms with van der Waals surface area (Å²) in [6.45, 7) is 4.29. The lowest BCUT2D eigenvalue weighted by Gasteiger charge is -2.20. The Hall–Kier alpha value is -1.77. The van der Waals surface area contributed by atoms with E-state index in [1.165, 1.54) is 154 Å². The number of likely N-dealkylation sites (N-methyl/N-ethyl adjacent to an activating group) is 1. The lowest BCUT2D eigenvalue weighted by Crippen LogP contribution is -2.29. The predicted octanol–water partition coefficient (Wildman–Crippen LogP) is 15.1. The Kier molecular flexibility index (Phi) is 44.9. The normalized spacial score (nSPS) is 13.5. The molecule has 0 spiro atoms. The molecule has 0 aliphatic heterocycles. The SMILES string of the molecule is CCCCCCCC/C=C\C/C=C\C/C=C\CCCC(=O)OC(COC(=O)CCCCCCCCCCCCCCCCCCCCCCC)COP(=O)(O)OCCN(C)C. The third-order valence-corrected chi connectivity index (χ3v) is 11.9. The van der Waals surface area contributed by atoms with Crippen molar-refractivity contribution in [1.82, 2.24) is 4.90 Å². The fourth-order valence-corrected chi connectivity index (χ4v) is 7.80. The summed E-state index contributed by atoms with van der Waals surface area (Å²) in [6, 6.07) is 0. The van der Waals surface area contributed by atoms with Crippen LogP contribution in [0.15, 0.2) is 36.5 Å². The van der Waals surface area contributed by atoms with Gasteiger partial charge in [0.1, 0.15) is 6.61 Å². The van der Waals surface area contributed by atoms with Crippen LogP contribution in [0.3, 0.4) is 0 Å². The highest BCUT2D eigenvalue weighted by atomic mass is 31.2. The smallest absolute Gasteiger partial charge is 0.462 e. The maximum atomic E-state index is 12.7. The third kappa shape index (κ3) is 47.5. The molecule has 2 unspecified atom stereocenters. The Labute approximate surface area is 376 Å². The van der Waals surface area contributed by atoms with E-state index in [0.717, 1.165) is 44.9 Å². The molecule has 1 N–H and O–H groups in total. The second-order valence-corrected chi connectivity index (χ2v) is 18.8. The number of esters is 2. The van der Waals surface area contributed by atoms with Crippen molar-refractivity contribution in [3.8, 4) is 0 Å². The molecule has 0 bridgehead atoms. The van der Waals surface area contributed by atoms with Gasteiger partial charge in [0.25, 0.3) is 0 Å². The first-order chi connectivity index (χ1) is 29.7. The maximum Gasteiger partial charge on any atom is 0.472 e. The topological polar surface area (TPSA) is 112 Å². The molecule has 0 fully saturated rings. The molecule has 0 aliphatic rings. The highest BCUT2D eigenvalue weighted by Crippen LogP contribution is 2.43. The standard InChI is InChI=1S/C51H96NO8P/c1-5-7-9-11-13-15-17-19-21-23-24-25-26-28-29-31-33-35-37-39-41-43-50(53)57-47-49(48-59-61(55,56)58-46-45-52(3)4)60-51(54)44-42-40-38-36-34-32-30-27-22-20-18-16-14-12-10-8-6-2/h20,22,30,32,36,38,49H,5-19,21,23-29,31,33-35,37,39-48H2,1-4H3,(H,55,56)/b22-20-,32-30-,38-36-. The van der Waals surface area contributed by atoms with Crippen molar-refractivity contribution >= 4 is 19.8 Å². The van der Waals surface area contributed by atoms with Crippen molar-refractivity contribution in [2.45, 2.75) is 238 Å².